The van der Waals surface area contributed by atoms with Gasteiger partial charge in [0.15, 0.2) is 4.96 Å². The Hall–Kier alpha value is -1.59. The summed E-state index contributed by atoms with van der Waals surface area (Å²) in [6.45, 7) is 5.93. The van der Waals surface area contributed by atoms with Crippen molar-refractivity contribution in [2.75, 3.05) is 6.54 Å². The van der Waals surface area contributed by atoms with Crippen molar-refractivity contribution in [3.8, 4) is 0 Å². The van der Waals surface area contributed by atoms with Crippen LogP contribution in [0.15, 0.2) is 29.0 Å². The van der Waals surface area contributed by atoms with Crippen molar-refractivity contribution in [3.63, 3.8) is 0 Å². The van der Waals surface area contributed by atoms with Crippen molar-refractivity contribution in [1.29, 1.82) is 0 Å². The molecule has 0 saturated carbocycles. The van der Waals surface area contributed by atoms with E-state index >= 15 is 0 Å². The zero-order valence-corrected chi connectivity index (χ0v) is 12.0. The lowest BCUT2D eigenvalue weighted by atomic mass is 10.3. The molecular formula is C14H17N3OS. The van der Waals surface area contributed by atoms with Crippen LogP contribution in [0.5, 0.6) is 0 Å². The van der Waals surface area contributed by atoms with Gasteiger partial charge in [-0.05, 0) is 26.0 Å². The normalized spacial score (nSPS) is 11.5. The molecule has 0 fully saturated rings. The number of nitrogens with one attached hydrogen (secondary N) is 1. The first-order valence-electron chi connectivity index (χ1n) is 6.41. The number of rotatable bonds is 5. The van der Waals surface area contributed by atoms with Crippen LogP contribution in [0, 0.1) is 13.8 Å². The highest BCUT2D eigenvalue weighted by Gasteiger charge is 2.10. The molecule has 0 unspecified atom stereocenters. The average Bonchev–Trinajstić information content (AvgIpc) is 3.03. The molecule has 5 heteroatoms. The number of thiazole rings is 1. The molecule has 0 aliphatic heterocycles. The summed E-state index contributed by atoms with van der Waals surface area (Å²) in [6, 6.07) is 3.93. The van der Waals surface area contributed by atoms with Gasteiger partial charge in [-0.1, -0.05) is 0 Å². The van der Waals surface area contributed by atoms with Gasteiger partial charge < -0.3 is 9.73 Å². The average molecular weight is 275 g/mol. The van der Waals surface area contributed by atoms with Gasteiger partial charge in [0.2, 0.25) is 0 Å². The van der Waals surface area contributed by atoms with E-state index in [2.05, 4.69) is 34.7 Å². The van der Waals surface area contributed by atoms with Crippen LogP contribution in [-0.2, 0) is 13.0 Å². The maximum absolute atomic E-state index is 5.31. The fourth-order valence-electron chi connectivity index (χ4n) is 2.20. The highest BCUT2D eigenvalue weighted by molar-refractivity contribution is 7.17. The summed E-state index contributed by atoms with van der Waals surface area (Å²) in [5.41, 5.74) is 2.36. The van der Waals surface area contributed by atoms with E-state index in [0.29, 0.717) is 0 Å². The van der Waals surface area contributed by atoms with Gasteiger partial charge in [0.25, 0.3) is 0 Å². The number of nitrogens with zero attached hydrogens (tertiary/aromatic N) is 2. The van der Waals surface area contributed by atoms with Crippen LogP contribution in [0.1, 0.15) is 22.0 Å². The number of furan rings is 1. The Morgan fingerprint density at radius 3 is 3.11 bits per heavy atom. The molecule has 0 aliphatic carbocycles. The molecule has 19 heavy (non-hydrogen) atoms. The molecule has 3 heterocycles. The number of aromatic nitrogens is 2. The second kappa shape index (κ2) is 5.19. The Labute approximate surface area is 116 Å². The van der Waals surface area contributed by atoms with Crippen LogP contribution in [0.4, 0.5) is 0 Å². The number of fused-ring (bicyclic) bond motifs is 1. The van der Waals surface area contributed by atoms with Gasteiger partial charge in [0.05, 0.1) is 17.7 Å². The van der Waals surface area contributed by atoms with Gasteiger partial charge in [0, 0.05) is 30.6 Å². The summed E-state index contributed by atoms with van der Waals surface area (Å²) in [5.74, 6) is 1.02. The molecule has 100 valence electrons. The first kappa shape index (κ1) is 12.4. The predicted molar refractivity (Wildman–Crippen MR) is 76.7 cm³/mol. The molecule has 0 saturated heterocycles. The quantitative estimate of drug-likeness (QED) is 0.728. The number of aryl methyl sites for hydroxylation is 2. The van der Waals surface area contributed by atoms with Gasteiger partial charge in [-0.3, -0.25) is 4.40 Å². The molecule has 1 N–H and O–H groups in total. The van der Waals surface area contributed by atoms with Crippen molar-refractivity contribution in [2.24, 2.45) is 0 Å². The minimum absolute atomic E-state index is 0.837. The minimum Gasteiger partial charge on any atom is -0.469 e. The van der Waals surface area contributed by atoms with E-state index in [0.717, 1.165) is 35.9 Å². The van der Waals surface area contributed by atoms with Gasteiger partial charge >= 0.3 is 0 Å². The van der Waals surface area contributed by atoms with Gasteiger partial charge in [-0.25, -0.2) is 4.98 Å². The molecule has 3 rings (SSSR count). The Morgan fingerprint density at radius 2 is 2.32 bits per heavy atom. The lowest BCUT2D eigenvalue weighted by Gasteiger charge is -2.04. The molecule has 3 aromatic heterocycles. The summed E-state index contributed by atoms with van der Waals surface area (Å²) >= 11 is 1.73. The van der Waals surface area contributed by atoms with Crippen molar-refractivity contribution in [3.05, 3.63) is 46.6 Å². The van der Waals surface area contributed by atoms with E-state index in [1.54, 1.807) is 17.6 Å². The summed E-state index contributed by atoms with van der Waals surface area (Å²) in [5, 5.41) is 3.45. The van der Waals surface area contributed by atoms with E-state index in [4.69, 9.17) is 4.42 Å². The lowest BCUT2D eigenvalue weighted by Crippen LogP contribution is -2.18. The highest BCUT2D eigenvalue weighted by Crippen LogP contribution is 2.20. The van der Waals surface area contributed by atoms with E-state index in [9.17, 15) is 0 Å². The van der Waals surface area contributed by atoms with Gasteiger partial charge in [-0.2, -0.15) is 0 Å². The standard InChI is InChI=1S/C14H17N3OS/c1-10-9-17-13(11(2)16-14(17)19-10)8-15-6-5-12-4-3-7-18-12/h3-4,7,9,15H,5-6,8H2,1-2H3. The van der Waals surface area contributed by atoms with Crippen LogP contribution in [0.25, 0.3) is 4.96 Å². The van der Waals surface area contributed by atoms with Crippen molar-refractivity contribution in [1.82, 2.24) is 14.7 Å². The third-order valence-corrected chi connectivity index (χ3v) is 4.06. The lowest BCUT2D eigenvalue weighted by molar-refractivity contribution is 0.498. The van der Waals surface area contributed by atoms with E-state index < -0.39 is 0 Å². The highest BCUT2D eigenvalue weighted by atomic mass is 32.1. The summed E-state index contributed by atoms with van der Waals surface area (Å²) in [7, 11) is 0. The van der Waals surface area contributed by atoms with Crippen LogP contribution in [0.2, 0.25) is 0 Å². The molecule has 0 amide bonds. The molecule has 0 aliphatic rings. The first-order valence-corrected chi connectivity index (χ1v) is 7.23. The molecule has 0 spiro atoms. The molecule has 0 radical (unpaired) electrons. The maximum atomic E-state index is 5.31. The largest absolute Gasteiger partial charge is 0.469 e. The second-order valence-corrected chi connectivity index (χ2v) is 5.86. The Kier molecular flexibility index (Phi) is 3.40. The minimum atomic E-state index is 0.837. The second-order valence-electron chi connectivity index (χ2n) is 4.64. The summed E-state index contributed by atoms with van der Waals surface area (Å²) in [6.07, 6.45) is 4.79. The van der Waals surface area contributed by atoms with Gasteiger partial charge in [-0.15, -0.1) is 11.3 Å². The SMILES string of the molecule is Cc1cn2c(CNCCc3ccco3)c(C)nc2s1. The number of imidazole rings is 1. The molecular weight excluding hydrogens is 258 g/mol. The van der Waals surface area contributed by atoms with Crippen LogP contribution >= 0.6 is 11.3 Å². The topological polar surface area (TPSA) is 42.5 Å². The summed E-state index contributed by atoms with van der Waals surface area (Å²) in [4.78, 5) is 6.96. The zero-order valence-electron chi connectivity index (χ0n) is 11.1. The van der Waals surface area contributed by atoms with Crippen LogP contribution in [-0.4, -0.2) is 15.9 Å². The predicted octanol–water partition coefficient (Wildman–Crippen LogP) is 2.94. The van der Waals surface area contributed by atoms with E-state index in [1.807, 2.05) is 12.1 Å². The third kappa shape index (κ3) is 2.57. The van der Waals surface area contributed by atoms with Crippen LogP contribution in [0.3, 0.4) is 0 Å². The monoisotopic (exact) mass is 275 g/mol. The molecule has 4 nitrogen and oxygen atoms in total. The Balaban J connectivity index is 1.63. The van der Waals surface area contributed by atoms with Crippen molar-refractivity contribution >= 4 is 16.3 Å². The third-order valence-electron chi connectivity index (χ3n) is 3.16. The van der Waals surface area contributed by atoms with Crippen molar-refractivity contribution < 1.29 is 4.42 Å². The fraction of sp³-hybridized carbons (Fsp3) is 0.357. The molecule has 0 aromatic carbocycles. The summed E-state index contributed by atoms with van der Waals surface area (Å²) < 4.78 is 7.50. The Morgan fingerprint density at radius 1 is 1.42 bits per heavy atom. The first-order chi connectivity index (χ1) is 9.24. The maximum Gasteiger partial charge on any atom is 0.194 e. The van der Waals surface area contributed by atoms with Crippen molar-refractivity contribution in [2.45, 2.75) is 26.8 Å². The van der Waals surface area contributed by atoms with Crippen LogP contribution < -0.4 is 5.32 Å². The van der Waals surface area contributed by atoms with E-state index in [-0.39, 0.29) is 0 Å². The molecule has 3 aromatic rings. The number of hydrogen-bond donors (Lipinski definition) is 1. The smallest absolute Gasteiger partial charge is 0.194 e. The number of hydrogen-bond acceptors (Lipinski definition) is 4. The Bertz CT molecular complexity index is 666. The fourth-order valence-corrected chi connectivity index (χ4v) is 3.09. The molecule has 0 bridgehead atoms. The molecule has 0 atom stereocenters. The van der Waals surface area contributed by atoms with E-state index in [1.165, 1.54) is 10.6 Å². The van der Waals surface area contributed by atoms with Gasteiger partial charge in [0.1, 0.15) is 5.76 Å². The zero-order chi connectivity index (χ0) is 13.2.